The second-order valence-corrected chi connectivity index (χ2v) is 12.9. The van der Waals surface area contributed by atoms with E-state index < -0.39 is 23.3 Å². The van der Waals surface area contributed by atoms with Crippen LogP contribution in [0, 0.1) is 24.0 Å². The lowest BCUT2D eigenvalue weighted by molar-refractivity contribution is 0.107. The molecular formula is C35H34F3N5O3. The van der Waals surface area contributed by atoms with Crippen LogP contribution in [0.4, 0.5) is 19.0 Å². The molecule has 4 aromatic rings. The standard InChI is InChI=1S/C35H34F3N5O3/c1-3-22-25(37)7-6-19-12-21(44)13-23(29(19)22)24-14-28-30-32(31(24)38)40-34(46-18-35-8-5-10-42(35)16-20(36)15-35)41-33(30)43-11-9-39-26(4-2)27(43)17-45-28/h1,6-7,12-14,20,26-27,39,44H,4-5,8-11,15-18H2,2H3/t20-,26+,27-,35+/m1/s1. The summed E-state index contributed by atoms with van der Waals surface area (Å²) in [5.74, 6) is 1.81. The fourth-order valence-electron chi connectivity index (χ4n) is 8.17. The molecule has 0 spiro atoms. The van der Waals surface area contributed by atoms with Crippen molar-refractivity contribution in [2.75, 3.05) is 44.3 Å². The van der Waals surface area contributed by atoms with Crippen LogP contribution in [0.5, 0.6) is 17.5 Å². The molecular weight excluding hydrogens is 595 g/mol. The summed E-state index contributed by atoms with van der Waals surface area (Å²) in [6.45, 7) is 5.10. The van der Waals surface area contributed by atoms with E-state index in [-0.39, 0.29) is 52.7 Å². The van der Waals surface area contributed by atoms with Crippen LogP contribution in [0.25, 0.3) is 32.8 Å². The maximum Gasteiger partial charge on any atom is 0.319 e. The zero-order chi connectivity index (χ0) is 31.7. The third-order valence-corrected chi connectivity index (χ3v) is 10.3. The number of aromatic nitrogens is 2. The van der Waals surface area contributed by atoms with E-state index >= 15 is 4.39 Å². The third kappa shape index (κ3) is 4.45. The Hall–Kier alpha value is -4.27. The molecule has 2 N–H and O–H groups in total. The number of alkyl halides is 1. The van der Waals surface area contributed by atoms with E-state index in [2.05, 4.69) is 32.9 Å². The van der Waals surface area contributed by atoms with E-state index in [1.54, 1.807) is 6.07 Å². The SMILES string of the molecule is C#Cc1c(F)ccc2cc(O)cc(-c3cc4c5c(nc(OC[C@@]67CCCN6C[C@H](F)C7)nc5c3F)N3CCN[C@@H](CC)[C@H]3CO4)c12. The number of halogens is 3. The van der Waals surface area contributed by atoms with Gasteiger partial charge in [-0.3, -0.25) is 4.90 Å². The monoisotopic (exact) mass is 629 g/mol. The molecule has 1 aromatic heterocycles. The van der Waals surface area contributed by atoms with E-state index in [4.69, 9.17) is 20.9 Å². The van der Waals surface area contributed by atoms with Gasteiger partial charge in [0.15, 0.2) is 5.82 Å². The number of ether oxygens (including phenoxy) is 2. The number of phenolic OH excluding ortho intramolecular Hbond substituents is 1. The number of piperazine rings is 1. The predicted molar refractivity (Wildman–Crippen MR) is 169 cm³/mol. The summed E-state index contributed by atoms with van der Waals surface area (Å²) in [6.07, 6.45) is 7.79. The van der Waals surface area contributed by atoms with Crippen molar-refractivity contribution in [3.05, 3.63) is 47.5 Å². The van der Waals surface area contributed by atoms with Crippen molar-refractivity contribution < 1.29 is 27.8 Å². The molecule has 0 amide bonds. The van der Waals surface area contributed by atoms with Crippen LogP contribution < -0.4 is 19.7 Å². The quantitative estimate of drug-likeness (QED) is 0.287. The number of phenols is 1. The zero-order valence-electron chi connectivity index (χ0n) is 25.5. The average molecular weight is 630 g/mol. The van der Waals surface area contributed by atoms with Gasteiger partial charge < -0.3 is 24.8 Å². The normalized spacial score (nSPS) is 25.6. The van der Waals surface area contributed by atoms with Crippen molar-refractivity contribution in [2.45, 2.75) is 56.4 Å². The lowest BCUT2D eigenvalue weighted by Crippen LogP contribution is -2.60. The number of fused-ring (bicyclic) bond motifs is 4. The second-order valence-electron chi connectivity index (χ2n) is 12.9. The Bertz CT molecular complexity index is 1930. The molecule has 4 atom stereocenters. The Labute approximate surface area is 264 Å². The largest absolute Gasteiger partial charge is 0.508 e. The zero-order valence-corrected chi connectivity index (χ0v) is 25.5. The molecule has 3 aromatic carbocycles. The second kappa shape index (κ2) is 10.9. The Balaban J connectivity index is 1.33. The molecule has 8 rings (SSSR count). The number of anilines is 1. The number of hydrogen-bond acceptors (Lipinski definition) is 8. The first-order chi connectivity index (χ1) is 22.3. The van der Waals surface area contributed by atoms with Gasteiger partial charge >= 0.3 is 6.01 Å². The van der Waals surface area contributed by atoms with Crippen LogP contribution >= 0.6 is 0 Å². The van der Waals surface area contributed by atoms with Crippen LogP contribution in [-0.4, -0.2) is 83.2 Å². The minimum atomic E-state index is -0.923. The summed E-state index contributed by atoms with van der Waals surface area (Å²) in [6, 6.07) is 7.12. The molecule has 0 aliphatic carbocycles. The number of rotatable bonds is 5. The fourth-order valence-corrected chi connectivity index (χ4v) is 8.17. The maximum absolute atomic E-state index is 17.0. The van der Waals surface area contributed by atoms with Crippen molar-refractivity contribution in [2.24, 2.45) is 0 Å². The third-order valence-electron chi connectivity index (χ3n) is 10.3. The number of hydrogen-bond donors (Lipinski definition) is 2. The van der Waals surface area contributed by atoms with Crippen LogP contribution in [0.3, 0.4) is 0 Å². The van der Waals surface area contributed by atoms with Crippen LogP contribution in [0.2, 0.25) is 0 Å². The molecule has 3 fully saturated rings. The number of terminal acetylenes is 1. The van der Waals surface area contributed by atoms with Crippen molar-refractivity contribution in [1.82, 2.24) is 20.2 Å². The van der Waals surface area contributed by atoms with Crippen LogP contribution in [0.15, 0.2) is 30.3 Å². The van der Waals surface area contributed by atoms with Gasteiger partial charge in [0, 0.05) is 43.0 Å². The first-order valence-corrected chi connectivity index (χ1v) is 15.9. The first kappa shape index (κ1) is 29.2. The van der Waals surface area contributed by atoms with Gasteiger partial charge in [-0.2, -0.15) is 9.97 Å². The summed E-state index contributed by atoms with van der Waals surface area (Å²) < 4.78 is 59.2. The van der Waals surface area contributed by atoms with Gasteiger partial charge in [-0.25, -0.2) is 13.2 Å². The van der Waals surface area contributed by atoms with Gasteiger partial charge in [-0.15, -0.1) is 6.42 Å². The van der Waals surface area contributed by atoms with E-state index in [0.29, 0.717) is 60.4 Å². The van der Waals surface area contributed by atoms with Gasteiger partial charge in [-0.05, 0) is 61.0 Å². The molecule has 4 aliphatic heterocycles. The summed E-state index contributed by atoms with van der Waals surface area (Å²) in [5.41, 5.74) is -0.252. The lowest BCUT2D eigenvalue weighted by Gasteiger charge is -2.41. The van der Waals surface area contributed by atoms with E-state index in [9.17, 15) is 13.9 Å². The summed E-state index contributed by atoms with van der Waals surface area (Å²) in [7, 11) is 0. The highest BCUT2D eigenvalue weighted by atomic mass is 19.1. The van der Waals surface area contributed by atoms with Crippen LogP contribution in [0.1, 0.15) is 38.2 Å². The Kier molecular flexibility index (Phi) is 6.92. The molecule has 5 heterocycles. The van der Waals surface area contributed by atoms with Gasteiger partial charge in [-0.1, -0.05) is 18.9 Å². The highest BCUT2D eigenvalue weighted by Crippen LogP contribution is 2.46. The van der Waals surface area contributed by atoms with Gasteiger partial charge in [0.05, 0.1) is 22.5 Å². The maximum atomic E-state index is 17.0. The van der Waals surface area contributed by atoms with Crippen molar-refractivity contribution >= 4 is 27.5 Å². The summed E-state index contributed by atoms with van der Waals surface area (Å²) in [5, 5.41) is 15.4. The molecule has 3 saturated heterocycles. The van der Waals surface area contributed by atoms with Gasteiger partial charge in [0.2, 0.25) is 0 Å². The smallest absolute Gasteiger partial charge is 0.319 e. The van der Waals surface area contributed by atoms with Crippen molar-refractivity contribution in [3.63, 3.8) is 0 Å². The fraction of sp³-hybridized carbons (Fsp3) is 0.429. The molecule has 0 saturated carbocycles. The number of nitrogens with one attached hydrogen (secondary N) is 1. The number of aromatic hydroxyl groups is 1. The topological polar surface area (TPSA) is 83.0 Å². The lowest BCUT2D eigenvalue weighted by atomic mass is 9.92. The average Bonchev–Trinajstić information content (AvgIpc) is 3.52. The molecule has 4 aliphatic rings. The Morgan fingerprint density at radius 3 is 2.87 bits per heavy atom. The van der Waals surface area contributed by atoms with E-state index in [1.807, 2.05) is 0 Å². The molecule has 0 unspecified atom stereocenters. The van der Waals surface area contributed by atoms with Crippen molar-refractivity contribution in [1.29, 1.82) is 0 Å². The predicted octanol–water partition coefficient (Wildman–Crippen LogP) is 5.32. The van der Waals surface area contributed by atoms with Gasteiger partial charge in [0.1, 0.15) is 48.0 Å². The Morgan fingerprint density at radius 1 is 1.17 bits per heavy atom. The molecule has 0 bridgehead atoms. The number of nitrogens with zero attached hydrogens (tertiary/aromatic N) is 4. The highest BCUT2D eigenvalue weighted by molar-refractivity contribution is 6.05. The van der Waals surface area contributed by atoms with E-state index in [1.165, 1.54) is 24.3 Å². The van der Waals surface area contributed by atoms with Gasteiger partial charge in [0.25, 0.3) is 0 Å². The molecule has 11 heteroatoms. The molecule has 46 heavy (non-hydrogen) atoms. The molecule has 0 radical (unpaired) electrons. The highest BCUT2D eigenvalue weighted by Gasteiger charge is 2.49. The first-order valence-electron chi connectivity index (χ1n) is 15.9. The molecule has 8 nitrogen and oxygen atoms in total. The van der Waals surface area contributed by atoms with E-state index in [0.717, 1.165) is 25.8 Å². The Morgan fingerprint density at radius 2 is 2.04 bits per heavy atom. The van der Waals surface area contributed by atoms with Crippen molar-refractivity contribution in [3.8, 4) is 41.0 Å². The summed E-state index contributed by atoms with van der Waals surface area (Å²) >= 11 is 0. The minimum absolute atomic E-state index is 0.00334. The summed E-state index contributed by atoms with van der Waals surface area (Å²) in [4.78, 5) is 13.8. The molecule has 238 valence electrons. The number of benzene rings is 3. The van der Waals surface area contributed by atoms with Crippen LogP contribution in [-0.2, 0) is 0 Å². The minimum Gasteiger partial charge on any atom is -0.508 e.